The molecule has 2 saturated carbocycles. The van der Waals surface area contributed by atoms with Crippen molar-refractivity contribution >= 4 is 0 Å². The number of aliphatic hydroxyl groups excluding tert-OH is 1. The van der Waals surface area contributed by atoms with Crippen LogP contribution in [0.15, 0.2) is 0 Å². The van der Waals surface area contributed by atoms with E-state index in [2.05, 4.69) is 39.9 Å². The fraction of sp³-hybridized carbons (Fsp3) is 1.00. The van der Waals surface area contributed by atoms with Crippen molar-refractivity contribution in [3.8, 4) is 0 Å². The molecule has 2 fully saturated rings. The second-order valence-corrected chi connectivity index (χ2v) is 8.13. The van der Waals surface area contributed by atoms with Crippen LogP contribution in [0.3, 0.4) is 0 Å². The Hall–Kier alpha value is -0.120. The lowest BCUT2D eigenvalue weighted by molar-refractivity contribution is -0.0546. The van der Waals surface area contributed by atoms with E-state index in [1.165, 1.54) is 19.3 Å². The van der Waals surface area contributed by atoms with Gasteiger partial charge in [-0.3, -0.25) is 0 Å². The minimum atomic E-state index is -0.293. The first-order valence-corrected chi connectivity index (χ1v) is 8.84. The van der Waals surface area contributed by atoms with Crippen molar-refractivity contribution in [2.45, 2.75) is 85.0 Å². The summed E-state index contributed by atoms with van der Waals surface area (Å²) in [5.41, 5.74) is 0.742. The standard InChI is InChI=1S/C18H35NO2/c1-6-13(2)19-12-15(20)8-10-21-16-11-14-7-9-18(16,5)17(14,3)4/h13-16,19-20H,6-12H2,1-5H3/t13-,14+,15-,16-,18+/m0/s1. The van der Waals surface area contributed by atoms with E-state index in [4.69, 9.17) is 4.74 Å². The number of hydrogen-bond donors (Lipinski definition) is 2. The van der Waals surface area contributed by atoms with Crippen molar-refractivity contribution < 1.29 is 9.84 Å². The SMILES string of the molecule is CC[C@H](C)NC[C@@H](O)CCO[C@H]1C[C@H]2CC[C@@]1(C)C2(C)C. The number of fused-ring (bicyclic) bond motifs is 2. The zero-order valence-corrected chi connectivity index (χ0v) is 14.6. The fourth-order valence-electron chi connectivity index (χ4n) is 4.31. The lowest BCUT2D eigenvalue weighted by atomic mass is 9.70. The average molecular weight is 297 g/mol. The van der Waals surface area contributed by atoms with E-state index in [1.54, 1.807) is 0 Å². The Morgan fingerprint density at radius 3 is 2.57 bits per heavy atom. The van der Waals surface area contributed by atoms with Crippen LogP contribution in [0.2, 0.25) is 0 Å². The van der Waals surface area contributed by atoms with E-state index in [0.29, 0.717) is 36.1 Å². The number of nitrogens with one attached hydrogen (secondary N) is 1. The Balaban J connectivity index is 1.70. The maximum absolute atomic E-state index is 10.0. The van der Waals surface area contributed by atoms with Crippen LogP contribution >= 0.6 is 0 Å². The second kappa shape index (κ2) is 6.55. The number of rotatable bonds is 8. The number of hydrogen-bond acceptors (Lipinski definition) is 3. The molecule has 0 heterocycles. The third kappa shape index (κ3) is 3.30. The first kappa shape index (κ1) is 17.2. The molecular weight excluding hydrogens is 262 g/mol. The van der Waals surface area contributed by atoms with Crippen LogP contribution in [-0.2, 0) is 4.74 Å². The van der Waals surface area contributed by atoms with Crippen LogP contribution in [-0.4, -0.2) is 36.5 Å². The third-order valence-corrected chi connectivity index (χ3v) is 6.80. The van der Waals surface area contributed by atoms with Gasteiger partial charge >= 0.3 is 0 Å². The molecule has 0 radical (unpaired) electrons. The highest BCUT2D eigenvalue weighted by molar-refractivity contribution is 5.11. The zero-order chi connectivity index (χ0) is 15.7. The van der Waals surface area contributed by atoms with Crippen LogP contribution in [0.4, 0.5) is 0 Å². The monoisotopic (exact) mass is 297 g/mol. The summed E-state index contributed by atoms with van der Waals surface area (Å²) in [6.07, 6.45) is 5.81. The molecule has 3 heteroatoms. The summed E-state index contributed by atoms with van der Waals surface area (Å²) in [7, 11) is 0. The minimum Gasteiger partial charge on any atom is -0.392 e. The first-order valence-electron chi connectivity index (χ1n) is 8.84. The molecule has 0 aliphatic heterocycles. The molecule has 2 bridgehead atoms. The third-order valence-electron chi connectivity index (χ3n) is 6.80. The maximum Gasteiger partial charge on any atom is 0.0686 e. The predicted molar refractivity (Wildman–Crippen MR) is 87.3 cm³/mol. The van der Waals surface area contributed by atoms with Crippen LogP contribution in [0.5, 0.6) is 0 Å². The number of ether oxygens (including phenoxy) is 1. The summed E-state index contributed by atoms with van der Waals surface area (Å²) in [5.74, 6) is 0.824. The van der Waals surface area contributed by atoms with E-state index in [-0.39, 0.29) is 6.10 Å². The molecule has 0 unspecified atom stereocenters. The van der Waals surface area contributed by atoms with Crippen LogP contribution in [0.1, 0.15) is 66.7 Å². The van der Waals surface area contributed by atoms with Crippen LogP contribution in [0, 0.1) is 16.7 Å². The van der Waals surface area contributed by atoms with E-state index in [0.717, 1.165) is 18.8 Å². The molecule has 2 N–H and O–H groups in total. The van der Waals surface area contributed by atoms with Gasteiger partial charge in [-0.05, 0) is 55.8 Å². The van der Waals surface area contributed by atoms with E-state index < -0.39 is 0 Å². The second-order valence-electron chi connectivity index (χ2n) is 8.13. The lowest BCUT2D eigenvalue weighted by Crippen LogP contribution is -2.38. The van der Waals surface area contributed by atoms with Crippen molar-refractivity contribution in [1.29, 1.82) is 0 Å². The van der Waals surface area contributed by atoms with Crippen molar-refractivity contribution in [3.63, 3.8) is 0 Å². The van der Waals surface area contributed by atoms with Crippen molar-refractivity contribution in [2.75, 3.05) is 13.2 Å². The first-order chi connectivity index (χ1) is 9.81. The molecule has 2 aliphatic carbocycles. The van der Waals surface area contributed by atoms with Crippen LogP contribution < -0.4 is 5.32 Å². The Kier molecular flexibility index (Phi) is 5.38. The molecule has 0 aromatic heterocycles. The molecule has 21 heavy (non-hydrogen) atoms. The van der Waals surface area contributed by atoms with Gasteiger partial charge in [0.25, 0.3) is 0 Å². The Morgan fingerprint density at radius 1 is 1.33 bits per heavy atom. The van der Waals surface area contributed by atoms with Gasteiger partial charge < -0.3 is 15.2 Å². The largest absolute Gasteiger partial charge is 0.392 e. The van der Waals surface area contributed by atoms with Crippen LogP contribution in [0.25, 0.3) is 0 Å². The lowest BCUT2D eigenvalue weighted by Gasteiger charge is -2.39. The molecule has 0 amide bonds. The van der Waals surface area contributed by atoms with Gasteiger partial charge in [-0.25, -0.2) is 0 Å². The van der Waals surface area contributed by atoms with Gasteiger partial charge in [0.15, 0.2) is 0 Å². The van der Waals surface area contributed by atoms with Gasteiger partial charge in [-0.15, -0.1) is 0 Å². The molecule has 0 aromatic rings. The van der Waals surface area contributed by atoms with Crippen molar-refractivity contribution in [3.05, 3.63) is 0 Å². The predicted octanol–water partition coefficient (Wildman–Crippen LogP) is 3.36. The number of aliphatic hydroxyl groups is 1. The Labute approximate surface area is 130 Å². The molecule has 124 valence electrons. The summed E-state index contributed by atoms with van der Waals surface area (Å²) in [5, 5.41) is 13.4. The quantitative estimate of drug-likeness (QED) is 0.722. The normalized spacial score (nSPS) is 36.9. The fourth-order valence-corrected chi connectivity index (χ4v) is 4.31. The molecule has 0 aromatic carbocycles. The van der Waals surface area contributed by atoms with E-state index in [1.807, 2.05) is 0 Å². The summed E-state index contributed by atoms with van der Waals surface area (Å²) in [4.78, 5) is 0. The zero-order valence-electron chi connectivity index (χ0n) is 14.6. The molecule has 2 aliphatic rings. The molecule has 3 nitrogen and oxygen atoms in total. The molecule has 0 spiro atoms. The highest BCUT2D eigenvalue weighted by Crippen LogP contribution is 2.66. The summed E-state index contributed by atoms with van der Waals surface area (Å²) >= 11 is 0. The summed E-state index contributed by atoms with van der Waals surface area (Å²) in [6, 6.07) is 0.478. The Morgan fingerprint density at radius 2 is 2.05 bits per heavy atom. The minimum absolute atomic E-state index is 0.293. The maximum atomic E-state index is 10.0. The van der Waals surface area contributed by atoms with Gasteiger partial charge in [-0.2, -0.15) is 0 Å². The van der Waals surface area contributed by atoms with Gasteiger partial charge in [-0.1, -0.05) is 27.7 Å². The Bertz CT molecular complexity index is 344. The van der Waals surface area contributed by atoms with Crippen molar-refractivity contribution in [2.24, 2.45) is 16.7 Å². The van der Waals surface area contributed by atoms with E-state index >= 15 is 0 Å². The molecule has 0 saturated heterocycles. The highest BCUT2D eigenvalue weighted by atomic mass is 16.5. The average Bonchev–Trinajstić information content (AvgIpc) is 2.77. The van der Waals surface area contributed by atoms with Gasteiger partial charge in [0.05, 0.1) is 12.2 Å². The summed E-state index contributed by atoms with van der Waals surface area (Å²) < 4.78 is 6.19. The molecule has 2 rings (SSSR count). The van der Waals surface area contributed by atoms with Gasteiger partial charge in [0.2, 0.25) is 0 Å². The molecule has 5 atom stereocenters. The van der Waals surface area contributed by atoms with Crippen molar-refractivity contribution in [1.82, 2.24) is 5.32 Å². The molecular formula is C18H35NO2. The summed E-state index contributed by atoms with van der Waals surface area (Å²) in [6.45, 7) is 12.9. The van der Waals surface area contributed by atoms with Gasteiger partial charge in [0.1, 0.15) is 0 Å². The highest BCUT2D eigenvalue weighted by Gasteiger charge is 2.61. The topological polar surface area (TPSA) is 41.5 Å². The van der Waals surface area contributed by atoms with Gasteiger partial charge in [0, 0.05) is 19.2 Å². The van der Waals surface area contributed by atoms with E-state index in [9.17, 15) is 5.11 Å². The smallest absolute Gasteiger partial charge is 0.0686 e.